The third-order valence-corrected chi connectivity index (χ3v) is 6.55. The monoisotopic (exact) mass is 361 g/mol. The van der Waals surface area contributed by atoms with Crippen molar-refractivity contribution in [2.75, 3.05) is 27.4 Å². The predicted octanol–water partition coefficient (Wildman–Crippen LogP) is 3.34. The first-order valence-corrected chi connectivity index (χ1v) is 9.90. The molecule has 3 fully saturated rings. The van der Waals surface area contributed by atoms with Crippen LogP contribution in [0.1, 0.15) is 44.1 Å². The average Bonchev–Trinajstić information content (AvgIpc) is 3.42. The van der Waals surface area contributed by atoms with Gasteiger partial charge in [0.1, 0.15) is 0 Å². The summed E-state index contributed by atoms with van der Waals surface area (Å²) in [6, 6.07) is 6.08. The van der Waals surface area contributed by atoms with Crippen LogP contribution in [-0.2, 0) is 16.0 Å². The van der Waals surface area contributed by atoms with E-state index in [0.29, 0.717) is 17.9 Å². The van der Waals surface area contributed by atoms with E-state index in [4.69, 9.17) is 14.2 Å². The first kappa shape index (κ1) is 18.1. The van der Waals surface area contributed by atoms with Gasteiger partial charge in [-0.15, -0.1) is 0 Å². The molecule has 3 aliphatic rings. The van der Waals surface area contributed by atoms with Gasteiger partial charge in [0, 0.05) is 32.8 Å². The summed E-state index contributed by atoms with van der Waals surface area (Å²) in [5.41, 5.74) is 1.07. The highest BCUT2D eigenvalue weighted by Crippen LogP contribution is 2.44. The molecule has 5 nitrogen and oxygen atoms in total. The second kappa shape index (κ2) is 7.37. The number of fused-ring (bicyclic) bond motifs is 1. The van der Waals surface area contributed by atoms with Crippen molar-refractivity contribution < 1.29 is 19.3 Å². The van der Waals surface area contributed by atoms with Gasteiger partial charge in [0.2, 0.25) is 0 Å². The van der Waals surface area contributed by atoms with Gasteiger partial charge in [-0.3, -0.25) is 4.90 Å². The molecule has 0 bridgehead atoms. The maximum atomic E-state index is 10.1. The molecule has 1 N–H and O–H groups in total. The Morgan fingerprint density at radius 3 is 2.73 bits per heavy atom. The van der Waals surface area contributed by atoms with Crippen LogP contribution < -0.4 is 4.74 Å². The molecule has 0 aromatic heterocycles. The number of benzene rings is 1. The van der Waals surface area contributed by atoms with Crippen molar-refractivity contribution in [3.63, 3.8) is 0 Å². The Morgan fingerprint density at radius 2 is 2.04 bits per heavy atom. The smallest absolute Gasteiger partial charge is 0.160 e. The highest BCUT2D eigenvalue weighted by molar-refractivity contribution is 5.41. The quantitative estimate of drug-likeness (QED) is 0.807. The molecular formula is C21H31NO4. The zero-order valence-corrected chi connectivity index (χ0v) is 15.9. The summed E-state index contributed by atoms with van der Waals surface area (Å²) in [4.78, 5) is 2.51. The second-order valence-electron chi connectivity index (χ2n) is 8.18. The Morgan fingerprint density at radius 1 is 1.19 bits per heavy atom. The maximum Gasteiger partial charge on any atom is 0.160 e. The number of ether oxygens (including phenoxy) is 3. The molecule has 1 heterocycles. The fraction of sp³-hybridized carbons (Fsp3) is 0.714. The third-order valence-electron chi connectivity index (χ3n) is 6.55. The van der Waals surface area contributed by atoms with Crippen molar-refractivity contribution in [2.24, 2.45) is 5.92 Å². The number of hydrogen-bond donors (Lipinski definition) is 1. The number of aromatic hydroxyl groups is 1. The van der Waals surface area contributed by atoms with E-state index in [9.17, 15) is 5.11 Å². The van der Waals surface area contributed by atoms with Crippen LogP contribution in [0.4, 0.5) is 0 Å². The van der Waals surface area contributed by atoms with Gasteiger partial charge in [-0.2, -0.15) is 0 Å². The van der Waals surface area contributed by atoms with E-state index in [1.165, 1.54) is 12.8 Å². The normalized spacial score (nSPS) is 31.8. The number of phenolic OH excluding ortho intramolecular Hbond substituents is 1. The van der Waals surface area contributed by atoms with Crippen molar-refractivity contribution in [3.8, 4) is 11.5 Å². The molecule has 0 radical (unpaired) electrons. The molecule has 0 amide bonds. The van der Waals surface area contributed by atoms with Crippen LogP contribution in [0.2, 0.25) is 0 Å². The van der Waals surface area contributed by atoms with Crippen LogP contribution in [0.25, 0.3) is 0 Å². The van der Waals surface area contributed by atoms with Gasteiger partial charge in [0.25, 0.3) is 0 Å². The number of hydrogen-bond acceptors (Lipinski definition) is 5. The highest BCUT2D eigenvalue weighted by atomic mass is 16.5. The van der Waals surface area contributed by atoms with E-state index in [1.807, 2.05) is 25.3 Å². The van der Waals surface area contributed by atoms with E-state index in [-0.39, 0.29) is 11.4 Å². The van der Waals surface area contributed by atoms with Gasteiger partial charge in [0.05, 0.1) is 18.8 Å². The summed E-state index contributed by atoms with van der Waals surface area (Å²) in [5.74, 6) is 1.54. The van der Waals surface area contributed by atoms with Crippen LogP contribution in [0.3, 0.4) is 0 Å². The van der Waals surface area contributed by atoms with Crippen molar-refractivity contribution in [3.05, 3.63) is 23.8 Å². The van der Waals surface area contributed by atoms with Crippen LogP contribution in [0.15, 0.2) is 18.2 Å². The first-order valence-electron chi connectivity index (χ1n) is 9.90. The standard InChI is InChI=1S/C21H31NO4/c1-24-19-6-5-16(11-18(19)23)13-22-10-9-21(25-2)8-7-17(12-20(21)22)26-14-15-3-4-15/h5-6,11,15,17,20,23H,3-4,7-10,12-14H2,1-2H3/t17-,20+,21-/m1/s1. The molecule has 1 aromatic rings. The van der Waals surface area contributed by atoms with Crippen molar-refractivity contribution in [1.29, 1.82) is 0 Å². The summed E-state index contributed by atoms with van der Waals surface area (Å²) in [5, 5.41) is 10.1. The highest BCUT2D eigenvalue weighted by Gasteiger charge is 2.51. The predicted molar refractivity (Wildman–Crippen MR) is 99.5 cm³/mol. The minimum absolute atomic E-state index is 0.0338. The molecule has 4 rings (SSSR count). The average molecular weight is 361 g/mol. The largest absolute Gasteiger partial charge is 0.504 e. The molecule has 3 atom stereocenters. The Labute approximate surface area is 156 Å². The zero-order valence-electron chi connectivity index (χ0n) is 15.9. The molecule has 26 heavy (non-hydrogen) atoms. The van der Waals surface area contributed by atoms with Crippen molar-refractivity contribution in [1.82, 2.24) is 4.90 Å². The van der Waals surface area contributed by atoms with Crippen LogP contribution in [0, 0.1) is 5.92 Å². The lowest BCUT2D eigenvalue weighted by Crippen LogP contribution is -2.51. The lowest BCUT2D eigenvalue weighted by atomic mass is 9.79. The van der Waals surface area contributed by atoms with E-state index in [0.717, 1.165) is 56.9 Å². The van der Waals surface area contributed by atoms with Gasteiger partial charge in [-0.25, -0.2) is 0 Å². The van der Waals surface area contributed by atoms with Crippen molar-refractivity contribution in [2.45, 2.75) is 62.8 Å². The van der Waals surface area contributed by atoms with Gasteiger partial charge in [-0.1, -0.05) is 6.07 Å². The third kappa shape index (κ3) is 3.57. The van der Waals surface area contributed by atoms with Gasteiger partial charge < -0.3 is 19.3 Å². The molecule has 144 valence electrons. The molecule has 1 aromatic carbocycles. The molecule has 0 spiro atoms. The molecule has 2 aliphatic carbocycles. The summed E-state index contributed by atoms with van der Waals surface area (Å²) >= 11 is 0. The number of likely N-dealkylation sites (tertiary alicyclic amines) is 1. The van der Waals surface area contributed by atoms with E-state index < -0.39 is 0 Å². The lowest BCUT2D eigenvalue weighted by Gasteiger charge is -2.43. The topological polar surface area (TPSA) is 51.2 Å². The van der Waals surface area contributed by atoms with E-state index in [2.05, 4.69) is 4.90 Å². The summed E-state index contributed by atoms with van der Waals surface area (Å²) in [6.45, 7) is 2.78. The molecular weight excluding hydrogens is 330 g/mol. The summed E-state index contributed by atoms with van der Waals surface area (Å²) < 4.78 is 17.4. The lowest BCUT2D eigenvalue weighted by molar-refractivity contribution is -0.103. The van der Waals surface area contributed by atoms with Crippen LogP contribution in [-0.4, -0.2) is 55.1 Å². The minimum Gasteiger partial charge on any atom is -0.504 e. The number of rotatable bonds is 7. The molecule has 1 saturated heterocycles. The Balaban J connectivity index is 1.44. The van der Waals surface area contributed by atoms with Gasteiger partial charge in [-0.05, 0) is 62.1 Å². The number of methoxy groups -OCH3 is 2. The van der Waals surface area contributed by atoms with Crippen molar-refractivity contribution >= 4 is 0 Å². The van der Waals surface area contributed by atoms with E-state index >= 15 is 0 Å². The molecule has 2 saturated carbocycles. The van der Waals surface area contributed by atoms with Gasteiger partial charge in [0.15, 0.2) is 11.5 Å². The summed E-state index contributed by atoms with van der Waals surface area (Å²) in [6.07, 6.45) is 7.33. The Hall–Kier alpha value is -1.30. The van der Waals surface area contributed by atoms with Crippen LogP contribution in [0.5, 0.6) is 11.5 Å². The Bertz CT molecular complexity index is 632. The Kier molecular flexibility index (Phi) is 5.13. The molecule has 5 heteroatoms. The maximum absolute atomic E-state index is 10.1. The van der Waals surface area contributed by atoms with Gasteiger partial charge >= 0.3 is 0 Å². The zero-order chi connectivity index (χ0) is 18.1. The minimum atomic E-state index is -0.0338. The first-order chi connectivity index (χ1) is 12.6. The number of nitrogens with zero attached hydrogens (tertiary/aromatic N) is 1. The SMILES string of the molecule is COc1ccc(CN2CC[C@]3(OC)CC[C@@H](OCC4CC4)C[C@H]23)cc1O. The fourth-order valence-corrected chi connectivity index (χ4v) is 4.72. The molecule has 1 aliphatic heterocycles. The summed E-state index contributed by atoms with van der Waals surface area (Å²) in [7, 11) is 3.44. The second-order valence-corrected chi connectivity index (χ2v) is 8.18. The fourth-order valence-electron chi connectivity index (χ4n) is 4.72. The van der Waals surface area contributed by atoms with E-state index in [1.54, 1.807) is 7.11 Å². The number of phenols is 1. The molecule has 0 unspecified atom stereocenters. The van der Waals surface area contributed by atoms with Crippen LogP contribution >= 0.6 is 0 Å².